The van der Waals surface area contributed by atoms with Crippen LogP contribution in [0.2, 0.25) is 0 Å². The molecule has 1 aliphatic rings. The minimum Gasteiger partial charge on any atom is -0.497 e. The van der Waals surface area contributed by atoms with Gasteiger partial charge in [-0.05, 0) is 73.2 Å². The maximum absolute atomic E-state index is 13.5. The zero-order chi connectivity index (χ0) is 23.7. The molecule has 0 unspecified atom stereocenters. The first-order chi connectivity index (χ1) is 16.5. The minimum atomic E-state index is -0.375. The van der Waals surface area contributed by atoms with E-state index in [1.54, 1.807) is 26.2 Å². The Balaban J connectivity index is 1.56. The molecule has 0 bridgehead atoms. The third kappa shape index (κ3) is 4.05. The van der Waals surface area contributed by atoms with Crippen molar-refractivity contribution in [2.45, 2.75) is 13.5 Å². The summed E-state index contributed by atoms with van der Waals surface area (Å²) in [4.78, 5) is 18.2. The number of rotatable bonds is 6. The average molecular weight is 459 g/mol. The number of ether oxygens (including phenoxy) is 3. The zero-order valence-electron chi connectivity index (χ0n) is 18.7. The molecule has 0 saturated carbocycles. The largest absolute Gasteiger partial charge is 0.497 e. The monoisotopic (exact) mass is 459 g/mol. The van der Waals surface area contributed by atoms with E-state index in [4.69, 9.17) is 19.2 Å². The lowest BCUT2D eigenvalue weighted by atomic mass is 10.0. The smallest absolute Gasteiger partial charge is 0.280 e. The molecule has 7 nitrogen and oxygen atoms in total. The highest BCUT2D eigenvalue weighted by molar-refractivity contribution is 6.03. The van der Waals surface area contributed by atoms with Crippen molar-refractivity contribution in [2.24, 2.45) is 4.99 Å². The van der Waals surface area contributed by atoms with Gasteiger partial charge in [0.05, 0.1) is 30.6 Å². The summed E-state index contributed by atoms with van der Waals surface area (Å²) in [6.07, 6.45) is 0. The van der Waals surface area contributed by atoms with Crippen molar-refractivity contribution in [2.75, 3.05) is 13.9 Å². The van der Waals surface area contributed by atoms with Gasteiger partial charge in [0.25, 0.3) is 5.56 Å². The molecule has 0 saturated heterocycles. The molecule has 5 rings (SSSR count). The Morgan fingerprint density at radius 1 is 1.06 bits per heavy atom. The van der Waals surface area contributed by atoms with Crippen LogP contribution in [0.3, 0.4) is 0 Å². The van der Waals surface area contributed by atoms with Gasteiger partial charge in [0.2, 0.25) is 6.79 Å². The van der Waals surface area contributed by atoms with Crippen molar-refractivity contribution in [3.8, 4) is 34.2 Å². The van der Waals surface area contributed by atoms with Crippen molar-refractivity contribution < 1.29 is 18.6 Å². The van der Waals surface area contributed by atoms with Crippen LogP contribution in [0.4, 0.5) is 4.39 Å². The van der Waals surface area contributed by atoms with E-state index >= 15 is 0 Å². The lowest BCUT2D eigenvalue weighted by molar-refractivity contribution is 0.174. The van der Waals surface area contributed by atoms with E-state index in [1.165, 1.54) is 16.8 Å². The maximum atomic E-state index is 13.5. The molecule has 0 aliphatic carbocycles. The van der Waals surface area contributed by atoms with Crippen molar-refractivity contribution in [3.05, 3.63) is 94.0 Å². The molecule has 4 aromatic rings. The lowest BCUT2D eigenvalue weighted by Gasteiger charge is -2.05. The molecule has 34 heavy (non-hydrogen) atoms. The number of methoxy groups -OCH3 is 1. The summed E-state index contributed by atoms with van der Waals surface area (Å²) in [7, 11) is 1.60. The highest BCUT2D eigenvalue weighted by Gasteiger charge is 2.20. The summed E-state index contributed by atoms with van der Waals surface area (Å²) in [5.41, 5.74) is 3.61. The molecule has 0 spiro atoms. The number of halogens is 1. The first kappa shape index (κ1) is 21.5. The Morgan fingerprint density at radius 3 is 2.53 bits per heavy atom. The molecule has 1 N–H and O–H groups in total. The molecule has 172 valence electrons. The maximum Gasteiger partial charge on any atom is 0.280 e. The first-order valence-electron chi connectivity index (χ1n) is 10.7. The quantitative estimate of drug-likeness (QED) is 0.424. The van der Waals surface area contributed by atoms with Crippen LogP contribution in [0.5, 0.6) is 17.2 Å². The van der Waals surface area contributed by atoms with Crippen LogP contribution in [0, 0.1) is 5.82 Å². The number of H-pyrrole nitrogens is 1. The molecule has 0 amide bonds. The Bertz CT molecular complexity index is 1420. The molecular weight excluding hydrogens is 437 g/mol. The second-order valence-electron chi connectivity index (χ2n) is 7.80. The van der Waals surface area contributed by atoms with Gasteiger partial charge in [0.15, 0.2) is 11.5 Å². The number of hydrogen-bond donors (Lipinski definition) is 1. The summed E-state index contributed by atoms with van der Waals surface area (Å²) in [6.45, 7) is 2.38. The van der Waals surface area contributed by atoms with Gasteiger partial charge in [-0.3, -0.25) is 14.9 Å². The SMILES string of the molecule is COc1ccc(-c2[nH]n(-c3ccc(F)cc3)c(=O)c2C(C)=NCc2ccc3c(c2)OCO3)cc1. The van der Waals surface area contributed by atoms with Crippen LogP contribution in [0.15, 0.2) is 76.5 Å². The molecule has 2 heterocycles. The number of nitrogens with zero attached hydrogens (tertiary/aromatic N) is 2. The summed E-state index contributed by atoms with van der Waals surface area (Å²) >= 11 is 0. The summed E-state index contributed by atoms with van der Waals surface area (Å²) in [5, 5.41) is 3.18. The highest BCUT2D eigenvalue weighted by Crippen LogP contribution is 2.32. The lowest BCUT2D eigenvalue weighted by Crippen LogP contribution is -2.19. The second-order valence-corrected chi connectivity index (χ2v) is 7.80. The van der Waals surface area contributed by atoms with E-state index in [9.17, 15) is 9.18 Å². The van der Waals surface area contributed by atoms with Crippen molar-refractivity contribution in [3.63, 3.8) is 0 Å². The number of fused-ring (bicyclic) bond motifs is 1. The zero-order valence-corrected chi connectivity index (χ0v) is 18.7. The molecule has 1 aliphatic heterocycles. The van der Waals surface area contributed by atoms with Crippen LogP contribution in [-0.4, -0.2) is 29.4 Å². The average Bonchev–Trinajstić information content (AvgIpc) is 3.47. The van der Waals surface area contributed by atoms with Gasteiger partial charge in [-0.1, -0.05) is 6.07 Å². The van der Waals surface area contributed by atoms with E-state index in [0.717, 1.165) is 11.1 Å². The number of benzene rings is 3. The second kappa shape index (κ2) is 8.90. The van der Waals surface area contributed by atoms with E-state index < -0.39 is 0 Å². The fraction of sp³-hybridized carbons (Fsp3) is 0.154. The Labute approximate surface area is 195 Å². The topological polar surface area (TPSA) is 77.8 Å². The minimum absolute atomic E-state index is 0.207. The third-order valence-corrected chi connectivity index (χ3v) is 5.65. The third-order valence-electron chi connectivity index (χ3n) is 5.65. The summed E-state index contributed by atoms with van der Waals surface area (Å²) in [5.74, 6) is 1.72. The van der Waals surface area contributed by atoms with Gasteiger partial charge in [-0.25, -0.2) is 9.07 Å². The van der Waals surface area contributed by atoms with E-state index in [2.05, 4.69) is 5.10 Å². The van der Waals surface area contributed by atoms with Gasteiger partial charge in [0.1, 0.15) is 11.6 Å². The molecule has 3 aromatic carbocycles. The van der Waals surface area contributed by atoms with Crippen LogP contribution in [-0.2, 0) is 6.54 Å². The molecule has 1 aromatic heterocycles. The van der Waals surface area contributed by atoms with Gasteiger partial charge < -0.3 is 14.2 Å². The Hall–Kier alpha value is -4.33. The number of hydrogen-bond acceptors (Lipinski definition) is 5. The van der Waals surface area contributed by atoms with Gasteiger partial charge in [-0.2, -0.15) is 0 Å². The predicted octanol–water partition coefficient (Wildman–Crippen LogP) is 4.72. The van der Waals surface area contributed by atoms with Crippen molar-refractivity contribution in [1.29, 1.82) is 0 Å². The standard InChI is InChI=1S/C26H22FN3O4/c1-16(28-14-17-3-12-22-23(13-17)34-15-33-22)24-25(18-4-10-21(32-2)11-5-18)29-30(26(24)31)20-8-6-19(27)7-9-20/h3-13,29H,14-15H2,1-2H3. The van der Waals surface area contributed by atoms with Crippen LogP contribution in [0.1, 0.15) is 18.1 Å². The number of nitrogens with one attached hydrogen (secondary N) is 1. The van der Waals surface area contributed by atoms with Crippen molar-refractivity contribution in [1.82, 2.24) is 9.78 Å². The molecule has 8 heteroatoms. The Morgan fingerprint density at radius 2 is 1.79 bits per heavy atom. The van der Waals surface area contributed by atoms with E-state index in [0.29, 0.717) is 46.4 Å². The van der Waals surface area contributed by atoms with Gasteiger partial charge in [0, 0.05) is 11.3 Å². The summed E-state index contributed by atoms with van der Waals surface area (Å²) in [6, 6.07) is 18.8. The molecule has 0 atom stereocenters. The number of aliphatic imine (C=N–C) groups is 1. The van der Waals surface area contributed by atoms with Gasteiger partial charge >= 0.3 is 0 Å². The normalized spacial score (nSPS) is 12.7. The molecule has 0 fully saturated rings. The van der Waals surface area contributed by atoms with E-state index in [-0.39, 0.29) is 18.2 Å². The Kier molecular flexibility index (Phi) is 5.63. The molecule has 0 radical (unpaired) electrons. The fourth-order valence-electron chi connectivity index (χ4n) is 3.84. The van der Waals surface area contributed by atoms with Crippen LogP contribution in [0.25, 0.3) is 16.9 Å². The van der Waals surface area contributed by atoms with Gasteiger partial charge in [-0.15, -0.1) is 0 Å². The van der Waals surface area contributed by atoms with Crippen LogP contribution >= 0.6 is 0 Å². The summed E-state index contributed by atoms with van der Waals surface area (Å²) < 4.78 is 30.9. The predicted molar refractivity (Wildman–Crippen MR) is 127 cm³/mol. The molecular formula is C26H22FN3O4. The number of aromatic nitrogens is 2. The van der Waals surface area contributed by atoms with Crippen molar-refractivity contribution >= 4 is 5.71 Å². The highest BCUT2D eigenvalue weighted by atomic mass is 19.1. The van der Waals surface area contributed by atoms with E-state index in [1.807, 2.05) is 42.5 Å². The number of aromatic amines is 1. The first-order valence-corrected chi connectivity index (χ1v) is 10.7. The fourth-order valence-corrected chi connectivity index (χ4v) is 3.84. The van der Waals surface area contributed by atoms with Crippen LogP contribution < -0.4 is 19.8 Å².